The summed E-state index contributed by atoms with van der Waals surface area (Å²) in [6.45, 7) is 5.27. The number of hydrogen-bond donors (Lipinski definition) is 1. The molecule has 3 rings (SSSR count). The lowest BCUT2D eigenvalue weighted by atomic mass is 10.1. The Morgan fingerprint density at radius 2 is 1.63 bits per heavy atom. The van der Waals surface area contributed by atoms with Gasteiger partial charge in [-0.15, -0.1) is 0 Å². The highest BCUT2D eigenvalue weighted by Gasteiger charge is 2.28. The van der Waals surface area contributed by atoms with Crippen molar-refractivity contribution in [2.75, 3.05) is 16.2 Å². The highest BCUT2D eigenvalue weighted by Crippen LogP contribution is 2.29. The summed E-state index contributed by atoms with van der Waals surface area (Å²) in [5, 5.41) is 3.20. The fraction of sp³-hybridized carbons (Fsp3) is 0.174. The molecule has 0 bridgehead atoms. The van der Waals surface area contributed by atoms with E-state index in [2.05, 4.69) is 5.32 Å². The van der Waals surface area contributed by atoms with E-state index in [1.807, 2.05) is 26.8 Å². The third kappa shape index (κ3) is 4.83. The van der Waals surface area contributed by atoms with Gasteiger partial charge in [-0.05, 0) is 68.3 Å². The van der Waals surface area contributed by atoms with Gasteiger partial charge in [0, 0.05) is 10.7 Å². The van der Waals surface area contributed by atoms with Crippen LogP contribution in [0.15, 0.2) is 71.6 Å². The molecule has 0 aliphatic carbocycles. The number of benzene rings is 3. The topological polar surface area (TPSA) is 66.5 Å². The minimum Gasteiger partial charge on any atom is -0.324 e. The third-order valence-electron chi connectivity index (χ3n) is 4.85. The number of aryl methyl sites for hydroxylation is 2. The average Bonchev–Trinajstić information content (AvgIpc) is 2.69. The van der Waals surface area contributed by atoms with Crippen molar-refractivity contribution < 1.29 is 13.2 Å². The molecule has 1 N–H and O–H groups in total. The molecule has 0 atom stereocenters. The fourth-order valence-electron chi connectivity index (χ4n) is 3.04. The molecule has 156 valence electrons. The quantitative estimate of drug-likeness (QED) is 0.577. The molecule has 0 saturated heterocycles. The van der Waals surface area contributed by atoms with Gasteiger partial charge in [0.25, 0.3) is 10.0 Å². The van der Waals surface area contributed by atoms with E-state index in [9.17, 15) is 13.2 Å². The zero-order chi connectivity index (χ0) is 21.9. The number of rotatable bonds is 6. The zero-order valence-electron chi connectivity index (χ0n) is 17.0. The molecule has 0 aliphatic rings. The molecule has 3 aromatic carbocycles. The van der Waals surface area contributed by atoms with Crippen LogP contribution in [0.1, 0.15) is 16.7 Å². The maximum absolute atomic E-state index is 13.5. The fourth-order valence-corrected chi connectivity index (χ4v) is 4.71. The average molecular weight is 443 g/mol. The van der Waals surface area contributed by atoms with E-state index in [1.54, 1.807) is 60.7 Å². The van der Waals surface area contributed by atoms with Crippen LogP contribution in [0.25, 0.3) is 0 Å². The van der Waals surface area contributed by atoms with E-state index in [0.717, 1.165) is 21.0 Å². The Morgan fingerprint density at radius 1 is 0.967 bits per heavy atom. The number of carbonyl (C=O) groups is 1. The molecule has 3 aromatic rings. The van der Waals surface area contributed by atoms with Crippen molar-refractivity contribution in [3.05, 3.63) is 88.4 Å². The van der Waals surface area contributed by atoms with Gasteiger partial charge in [0.1, 0.15) is 6.54 Å². The van der Waals surface area contributed by atoms with Gasteiger partial charge in [0.15, 0.2) is 0 Å². The predicted octanol–water partition coefficient (Wildman–Crippen LogP) is 5.10. The Balaban J connectivity index is 2.00. The normalized spacial score (nSPS) is 11.2. The molecule has 7 heteroatoms. The second-order valence-corrected chi connectivity index (χ2v) is 9.40. The van der Waals surface area contributed by atoms with E-state index >= 15 is 0 Å². The van der Waals surface area contributed by atoms with Crippen LogP contribution in [-0.4, -0.2) is 20.9 Å². The minimum absolute atomic E-state index is 0.129. The van der Waals surface area contributed by atoms with E-state index in [1.165, 1.54) is 0 Å². The maximum atomic E-state index is 13.5. The number of nitrogens with zero attached hydrogens (tertiary/aromatic N) is 1. The Labute approximate surface area is 182 Å². The van der Waals surface area contributed by atoms with Crippen LogP contribution < -0.4 is 9.62 Å². The highest BCUT2D eigenvalue weighted by atomic mass is 35.5. The van der Waals surface area contributed by atoms with Crippen molar-refractivity contribution in [1.29, 1.82) is 0 Å². The molecular weight excluding hydrogens is 420 g/mol. The summed E-state index contributed by atoms with van der Waals surface area (Å²) in [5.41, 5.74) is 3.65. The van der Waals surface area contributed by atoms with Gasteiger partial charge in [-0.2, -0.15) is 0 Å². The van der Waals surface area contributed by atoms with Crippen molar-refractivity contribution >= 4 is 38.9 Å². The van der Waals surface area contributed by atoms with Crippen molar-refractivity contribution in [3.63, 3.8) is 0 Å². The number of sulfonamides is 1. The Morgan fingerprint density at radius 3 is 2.30 bits per heavy atom. The van der Waals surface area contributed by atoms with Crippen LogP contribution in [0.3, 0.4) is 0 Å². The number of carbonyl (C=O) groups excluding carboxylic acids is 1. The molecular formula is C23H23ClN2O3S. The summed E-state index contributed by atoms with van der Waals surface area (Å²) in [6, 6.07) is 18.7. The molecule has 0 unspecified atom stereocenters. The van der Waals surface area contributed by atoms with E-state index < -0.39 is 15.9 Å². The smallest absolute Gasteiger partial charge is 0.264 e. The molecule has 0 heterocycles. The molecule has 0 aliphatic heterocycles. The van der Waals surface area contributed by atoms with Gasteiger partial charge < -0.3 is 5.32 Å². The number of nitrogens with one attached hydrogen (secondary N) is 1. The Bertz CT molecular complexity index is 1180. The molecule has 0 fully saturated rings. The van der Waals surface area contributed by atoms with Crippen LogP contribution in [0.2, 0.25) is 5.02 Å². The lowest BCUT2D eigenvalue weighted by Gasteiger charge is -2.26. The molecule has 0 aromatic heterocycles. The summed E-state index contributed by atoms with van der Waals surface area (Å²) >= 11 is 5.98. The monoisotopic (exact) mass is 442 g/mol. The van der Waals surface area contributed by atoms with Gasteiger partial charge in [-0.25, -0.2) is 8.42 Å². The lowest BCUT2D eigenvalue weighted by molar-refractivity contribution is -0.114. The van der Waals surface area contributed by atoms with Gasteiger partial charge in [-0.1, -0.05) is 47.5 Å². The summed E-state index contributed by atoms with van der Waals surface area (Å²) in [7, 11) is -3.96. The molecule has 1 amide bonds. The largest absolute Gasteiger partial charge is 0.324 e. The van der Waals surface area contributed by atoms with Crippen LogP contribution >= 0.6 is 11.6 Å². The summed E-state index contributed by atoms with van der Waals surface area (Å²) in [4.78, 5) is 12.9. The van der Waals surface area contributed by atoms with Crippen molar-refractivity contribution in [2.24, 2.45) is 0 Å². The van der Waals surface area contributed by atoms with E-state index in [-0.39, 0.29) is 11.4 Å². The molecule has 0 radical (unpaired) electrons. The standard InChI is InChI=1S/C23H23ClN2O3S/c1-16-10-12-21(13-11-16)30(28,29)26(22-9-4-6-17(2)18(22)3)15-23(27)25-20-8-5-7-19(24)14-20/h4-14H,15H2,1-3H3,(H,25,27). The maximum Gasteiger partial charge on any atom is 0.264 e. The minimum atomic E-state index is -3.96. The first-order valence-electron chi connectivity index (χ1n) is 9.39. The van der Waals surface area contributed by atoms with E-state index in [4.69, 9.17) is 11.6 Å². The molecule has 30 heavy (non-hydrogen) atoms. The molecule has 0 saturated carbocycles. The van der Waals surface area contributed by atoms with Crippen LogP contribution in [0, 0.1) is 20.8 Å². The van der Waals surface area contributed by atoms with Gasteiger partial charge in [0.2, 0.25) is 5.91 Å². The Hall–Kier alpha value is -2.83. The van der Waals surface area contributed by atoms with Gasteiger partial charge in [0.05, 0.1) is 10.6 Å². The molecule has 0 spiro atoms. The van der Waals surface area contributed by atoms with Crippen LogP contribution in [-0.2, 0) is 14.8 Å². The first-order valence-corrected chi connectivity index (χ1v) is 11.2. The van der Waals surface area contributed by atoms with Crippen LogP contribution in [0.4, 0.5) is 11.4 Å². The van der Waals surface area contributed by atoms with Gasteiger partial charge in [-0.3, -0.25) is 9.10 Å². The zero-order valence-corrected chi connectivity index (χ0v) is 18.6. The van der Waals surface area contributed by atoms with E-state index in [0.29, 0.717) is 16.4 Å². The number of amides is 1. The summed E-state index contributed by atoms with van der Waals surface area (Å²) < 4.78 is 28.1. The highest BCUT2D eigenvalue weighted by molar-refractivity contribution is 7.92. The number of hydrogen-bond acceptors (Lipinski definition) is 3. The van der Waals surface area contributed by atoms with Crippen molar-refractivity contribution in [3.8, 4) is 0 Å². The summed E-state index contributed by atoms with van der Waals surface area (Å²) in [6.07, 6.45) is 0. The second-order valence-electron chi connectivity index (χ2n) is 7.10. The van der Waals surface area contributed by atoms with Gasteiger partial charge >= 0.3 is 0 Å². The Kier molecular flexibility index (Phi) is 6.48. The first-order chi connectivity index (χ1) is 14.2. The molecule has 5 nitrogen and oxygen atoms in total. The van der Waals surface area contributed by atoms with Crippen LogP contribution in [0.5, 0.6) is 0 Å². The SMILES string of the molecule is Cc1ccc(S(=O)(=O)N(CC(=O)Nc2cccc(Cl)c2)c2cccc(C)c2C)cc1. The second kappa shape index (κ2) is 8.90. The summed E-state index contributed by atoms with van der Waals surface area (Å²) in [5.74, 6) is -0.464. The van der Waals surface area contributed by atoms with Crippen molar-refractivity contribution in [2.45, 2.75) is 25.7 Å². The number of halogens is 1. The number of anilines is 2. The van der Waals surface area contributed by atoms with Crippen molar-refractivity contribution in [1.82, 2.24) is 0 Å². The first kappa shape index (κ1) is 21.9. The lowest BCUT2D eigenvalue weighted by Crippen LogP contribution is -2.38. The predicted molar refractivity (Wildman–Crippen MR) is 122 cm³/mol. The third-order valence-corrected chi connectivity index (χ3v) is 6.86.